The molecule has 6 nitrogen and oxygen atoms in total. The van der Waals surface area contributed by atoms with Crippen LogP contribution in [0.25, 0.3) is 22.6 Å². The van der Waals surface area contributed by atoms with Crippen LogP contribution in [-0.4, -0.2) is 23.1 Å². The van der Waals surface area contributed by atoms with Crippen molar-refractivity contribution < 1.29 is 13.9 Å². The molecule has 4 rings (SSSR count). The molecule has 0 atom stereocenters. The van der Waals surface area contributed by atoms with Gasteiger partial charge in [0.2, 0.25) is 5.89 Å². The number of carbonyl (C=O) groups is 1. The molecule has 0 saturated heterocycles. The number of hydrogen-bond acceptors (Lipinski definition) is 5. The quantitative estimate of drug-likeness (QED) is 0.333. The summed E-state index contributed by atoms with van der Waals surface area (Å²) in [4.78, 5) is 17.1. The van der Waals surface area contributed by atoms with Crippen molar-refractivity contribution in [2.75, 3.05) is 12.4 Å². The van der Waals surface area contributed by atoms with Gasteiger partial charge in [0.05, 0.1) is 22.7 Å². The van der Waals surface area contributed by atoms with E-state index in [-0.39, 0.29) is 11.0 Å². The molecular weight excluding hydrogens is 469 g/mol. The van der Waals surface area contributed by atoms with Crippen LogP contribution in [0.1, 0.15) is 15.9 Å². The SMILES string of the molecule is COc1c(C)cccc1C(=O)NC(=S)Nc1ccc2oc(-c3ccc(Cl)c(Cl)c3)nc2c1. The Labute approximate surface area is 199 Å². The molecule has 3 aromatic carbocycles. The van der Waals surface area contributed by atoms with Crippen LogP contribution in [-0.2, 0) is 0 Å². The number of oxazole rings is 1. The first-order valence-corrected chi connectivity index (χ1v) is 10.6. The predicted octanol–water partition coefficient (Wildman–Crippen LogP) is 6.25. The molecule has 9 heteroatoms. The van der Waals surface area contributed by atoms with E-state index in [0.717, 1.165) is 5.56 Å². The van der Waals surface area contributed by atoms with Crippen LogP contribution >= 0.6 is 35.4 Å². The maximum Gasteiger partial charge on any atom is 0.261 e. The van der Waals surface area contributed by atoms with E-state index in [9.17, 15) is 4.79 Å². The lowest BCUT2D eigenvalue weighted by Crippen LogP contribution is -2.34. The molecule has 4 aromatic rings. The van der Waals surface area contributed by atoms with Gasteiger partial charge in [-0.1, -0.05) is 35.3 Å². The highest BCUT2D eigenvalue weighted by Crippen LogP contribution is 2.31. The summed E-state index contributed by atoms with van der Waals surface area (Å²) in [7, 11) is 1.52. The fourth-order valence-corrected chi connectivity index (χ4v) is 3.70. The zero-order valence-electron chi connectivity index (χ0n) is 17.0. The minimum atomic E-state index is -0.368. The third kappa shape index (κ3) is 4.55. The Hall–Kier alpha value is -3.13. The average molecular weight is 486 g/mol. The summed E-state index contributed by atoms with van der Waals surface area (Å²) < 4.78 is 11.2. The maximum atomic E-state index is 12.6. The molecule has 1 heterocycles. The number of carbonyl (C=O) groups excluding carboxylic acids is 1. The Morgan fingerprint density at radius 3 is 2.66 bits per heavy atom. The molecule has 0 spiro atoms. The van der Waals surface area contributed by atoms with Crippen LogP contribution in [0.2, 0.25) is 10.0 Å². The summed E-state index contributed by atoms with van der Waals surface area (Å²) in [5.74, 6) is 0.553. The van der Waals surface area contributed by atoms with E-state index in [2.05, 4.69) is 15.6 Å². The van der Waals surface area contributed by atoms with Crippen LogP contribution in [0.5, 0.6) is 5.75 Å². The van der Waals surface area contributed by atoms with Gasteiger partial charge in [0, 0.05) is 11.3 Å². The molecule has 162 valence electrons. The smallest absolute Gasteiger partial charge is 0.261 e. The fraction of sp³-hybridized carbons (Fsp3) is 0.0870. The Morgan fingerprint density at radius 1 is 1.09 bits per heavy atom. The average Bonchev–Trinajstić information content (AvgIpc) is 3.18. The molecule has 0 aliphatic carbocycles. The molecule has 32 heavy (non-hydrogen) atoms. The number of aryl methyl sites for hydroxylation is 1. The lowest BCUT2D eigenvalue weighted by Gasteiger charge is -2.13. The van der Waals surface area contributed by atoms with E-state index in [1.54, 1.807) is 48.5 Å². The van der Waals surface area contributed by atoms with Gasteiger partial charge >= 0.3 is 0 Å². The number of para-hydroxylation sites is 1. The Kier molecular flexibility index (Phi) is 6.32. The van der Waals surface area contributed by atoms with Gasteiger partial charge in [-0.2, -0.15) is 0 Å². The van der Waals surface area contributed by atoms with E-state index < -0.39 is 0 Å². The molecule has 0 unspecified atom stereocenters. The van der Waals surface area contributed by atoms with E-state index in [1.165, 1.54) is 7.11 Å². The highest BCUT2D eigenvalue weighted by Gasteiger charge is 2.16. The van der Waals surface area contributed by atoms with Crippen molar-refractivity contribution in [3.8, 4) is 17.2 Å². The Bertz CT molecular complexity index is 1350. The van der Waals surface area contributed by atoms with E-state index in [0.29, 0.717) is 49.6 Å². The third-order valence-corrected chi connectivity index (χ3v) is 5.64. The minimum absolute atomic E-state index is 0.145. The number of methoxy groups -OCH3 is 1. The van der Waals surface area contributed by atoms with Gasteiger partial charge in [0.15, 0.2) is 10.7 Å². The molecule has 0 fully saturated rings. The zero-order valence-corrected chi connectivity index (χ0v) is 19.4. The number of aromatic nitrogens is 1. The molecule has 0 radical (unpaired) electrons. The van der Waals surface area contributed by atoms with Gasteiger partial charge in [0.25, 0.3) is 5.91 Å². The maximum absolute atomic E-state index is 12.6. The first-order chi connectivity index (χ1) is 15.4. The minimum Gasteiger partial charge on any atom is -0.496 e. The van der Waals surface area contributed by atoms with Crippen molar-refractivity contribution >= 4 is 63.2 Å². The van der Waals surface area contributed by atoms with Crippen molar-refractivity contribution in [2.24, 2.45) is 0 Å². The molecule has 1 aromatic heterocycles. The van der Waals surface area contributed by atoms with Crippen molar-refractivity contribution in [3.05, 3.63) is 75.8 Å². The zero-order chi connectivity index (χ0) is 22.8. The number of benzene rings is 3. The third-order valence-electron chi connectivity index (χ3n) is 4.70. The summed E-state index contributed by atoms with van der Waals surface area (Å²) in [6, 6.07) is 15.8. The van der Waals surface area contributed by atoms with Gasteiger partial charge in [-0.15, -0.1) is 0 Å². The standard InChI is InChI=1S/C23H17Cl2N3O3S/c1-12-4-3-5-15(20(12)30-2)21(29)28-23(32)26-14-7-9-19-18(11-14)27-22(31-19)13-6-8-16(24)17(25)10-13/h3-11H,1-2H3,(H2,26,28,29,32). The first kappa shape index (κ1) is 22.1. The second kappa shape index (κ2) is 9.16. The topological polar surface area (TPSA) is 76.4 Å². The number of halogens is 2. The van der Waals surface area contributed by atoms with E-state index >= 15 is 0 Å². The number of nitrogens with one attached hydrogen (secondary N) is 2. The molecule has 2 N–H and O–H groups in total. The highest BCUT2D eigenvalue weighted by atomic mass is 35.5. The normalized spacial score (nSPS) is 10.8. The van der Waals surface area contributed by atoms with Crippen molar-refractivity contribution in [1.29, 1.82) is 0 Å². The number of amides is 1. The molecule has 0 saturated carbocycles. The number of rotatable bonds is 4. The Morgan fingerprint density at radius 2 is 1.91 bits per heavy atom. The van der Waals surface area contributed by atoms with Crippen LogP contribution in [0.3, 0.4) is 0 Å². The van der Waals surface area contributed by atoms with Gasteiger partial charge < -0.3 is 14.5 Å². The van der Waals surface area contributed by atoms with Gasteiger partial charge in [-0.05, 0) is 67.2 Å². The monoisotopic (exact) mass is 485 g/mol. The first-order valence-electron chi connectivity index (χ1n) is 9.47. The summed E-state index contributed by atoms with van der Waals surface area (Å²) in [6.45, 7) is 1.87. The summed E-state index contributed by atoms with van der Waals surface area (Å²) in [6.07, 6.45) is 0. The summed E-state index contributed by atoms with van der Waals surface area (Å²) in [5.41, 5.74) is 3.82. The molecule has 0 bridgehead atoms. The Balaban J connectivity index is 1.50. The molecule has 1 amide bonds. The van der Waals surface area contributed by atoms with Crippen LogP contribution < -0.4 is 15.4 Å². The number of thiocarbonyl (C=S) groups is 1. The molecule has 0 aliphatic heterocycles. The number of nitrogens with zero attached hydrogens (tertiary/aromatic N) is 1. The lowest BCUT2D eigenvalue weighted by atomic mass is 10.1. The fourth-order valence-electron chi connectivity index (χ4n) is 3.19. The van der Waals surface area contributed by atoms with Crippen LogP contribution in [0, 0.1) is 6.92 Å². The number of anilines is 1. The highest BCUT2D eigenvalue weighted by molar-refractivity contribution is 7.80. The van der Waals surface area contributed by atoms with Gasteiger partial charge in [0.1, 0.15) is 11.3 Å². The molecule has 0 aliphatic rings. The van der Waals surface area contributed by atoms with Crippen molar-refractivity contribution in [2.45, 2.75) is 6.92 Å². The number of hydrogen-bond donors (Lipinski definition) is 2. The lowest BCUT2D eigenvalue weighted by molar-refractivity contribution is 0.0974. The predicted molar refractivity (Wildman–Crippen MR) is 131 cm³/mol. The van der Waals surface area contributed by atoms with Gasteiger partial charge in [-0.3, -0.25) is 10.1 Å². The second-order valence-electron chi connectivity index (χ2n) is 6.89. The second-order valence-corrected chi connectivity index (χ2v) is 8.12. The number of fused-ring (bicyclic) bond motifs is 1. The summed E-state index contributed by atoms with van der Waals surface area (Å²) >= 11 is 17.4. The summed E-state index contributed by atoms with van der Waals surface area (Å²) in [5, 5.41) is 6.68. The van der Waals surface area contributed by atoms with Crippen LogP contribution in [0.4, 0.5) is 5.69 Å². The van der Waals surface area contributed by atoms with E-state index in [1.807, 2.05) is 13.0 Å². The van der Waals surface area contributed by atoms with Crippen LogP contribution in [0.15, 0.2) is 59.0 Å². The van der Waals surface area contributed by atoms with Gasteiger partial charge in [-0.25, -0.2) is 4.98 Å². The van der Waals surface area contributed by atoms with Crippen molar-refractivity contribution in [1.82, 2.24) is 10.3 Å². The van der Waals surface area contributed by atoms with E-state index in [4.69, 9.17) is 44.6 Å². The van der Waals surface area contributed by atoms with Crippen molar-refractivity contribution in [3.63, 3.8) is 0 Å². The molecular formula is C23H17Cl2N3O3S. The largest absolute Gasteiger partial charge is 0.496 e. The number of ether oxygens (including phenoxy) is 1.